The van der Waals surface area contributed by atoms with Crippen LogP contribution >= 0.6 is 27.5 Å². The maximum absolute atomic E-state index is 11.8. The van der Waals surface area contributed by atoms with Gasteiger partial charge in [-0.2, -0.15) is 0 Å². The zero-order chi connectivity index (χ0) is 13.0. The molecule has 1 aromatic carbocycles. The molecular weight excluding hydrogens is 316 g/mol. The fourth-order valence-corrected chi connectivity index (χ4v) is 1.87. The van der Waals surface area contributed by atoms with Gasteiger partial charge in [0.2, 0.25) is 5.91 Å². The highest BCUT2D eigenvalue weighted by Crippen LogP contribution is 2.25. The normalized spacial score (nSPS) is 10.1. The van der Waals surface area contributed by atoms with E-state index in [1.54, 1.807) is 24.4 Å². The Labute approximate surface area is 118 Å². The minimum Gasteiger partial charge on any atom is -0.326 e. The van der Waals surface area contributed by atoms with Crippen molar-refractivity contribution in [1.29, 1.82) is 0 Å². The Morgan fingerprint density at radius 3 is 2.83 bits per heavy atom. The molecule has 18 heavy (non-hydrogen) atoms. The molecule has 3 nitrogen and oxygen atoms in total. The van der Waals surface area contributed by atoms with Gasteiger partial charge in [0.15, 0.2) is 0 Å². The van der Waals surface area contributed by atoms with E-state index in [9.17, 15) is 4.79 Å². The molecule has 0 radical (unpaired) electrons. The number of pyridine rings is 1. The number of amides is 1. The number of halogens is 2. The Morgan fingerprint density at radius 1 is 1.33 bits per heavy atom. The number of aromatic nitrogens is 1. The summed E-state index contributed by atoms with van der Waals surface area (Å²) in [5, 5.41) is 3.34. The number of carbonyl (C=O) groups excluding carboxylic acids is 1. The summed E-state index contributed by atoms with van der Waals surface area (Å²) in [6.45, 7) is 0. The van der Waals surface area contributed by atoms with Crippen molar-refractivity contribution < 1.29 is 4.79 Å². The summed E-state index contributed by atoms with van der Waals surface area (Å²) in [7, 11) is 0. The van der Waals surface area contributed by atoms with Crippen LogP contribution in [0, 0.1) is 0 Å². The van der Waals surface area contributed by atoms with Crippen molar-refractivity contribution >= 4 is 39.1 Å². The second-order valence-corrected chi connectivity index (χ2v) is 4.94. The van der Waals surface area contributed by atoms with E-state index in [2.05, 4.69) is 26.2 Å². The van der Waals surface area contributed by atoms with Crippen LogP contribution in [0.1, 0.15) is 5.69 Å². The van der Waals surface area contributed by atoms with Crippen molar-refractivity contribution in [2.24, 2.45) is 0 Å². The summed E-state index contributed by atoms with van der Waals surface area (Å²) in [4.78, 5) is 15.9. The third-order valence-electron chi connectivity index (χ3n) is 2.27. The zero-order valence-corrected chi connectivity index (χ0v) is 11.7. The highest BCUT2D eigenvalue weighted by molar-refractivity contribution is 9.10. The summed E-state index contributed by atoms with van der Waals surface area (Å²) in [6, 6.07) is 10.8. The maximum Gasteiger partial charge on any atom is 0.230 e. The quantitative estimate of drug-likeness (QED) is 0.935. The van der Waals surface area contributed by atoms with Gasteiger partial charge in [0.1, 0.15) is 0 Å². The van der Waals surface area contributed by atoms with E-state index in [0.717, 1.165) is 10.2 Å². The Balaban J connectivity index is 2.01. The number of hydrogen-bond donors (Lipinski definition) is 1. The van der Waals surface area contributed by atoms with Gasteiger partial charge in [-0.15, -0.1) is 0 Å². The molecule has 0 atom stereocenters. The molecule has 0 aliphatic heterocycles. The van der Waals surface area contributed by atoms with Crippen molar-refractivity contribution in [3.05, 3.63) is 57.8 Å². The molecule has 92 valence electrons. The van der Waals surface area contributed by atoms with E-state index in [0.29, 0.717) is 10.7 Å². The van der Waals surface area contributed by atoms with E-state index < -0.39 is 0 Å². The third kappa shape index (κ3) is 3.55. The molecule has 5 heteroatoms. The molecule has 2 aromatic rings. The molecule has 1 amide bonds. The van der Waals surface area contributed by atoms with Crippen LogP contribution in [0.5, 0.6) is 0 Å². The zero-order valence-electron chi connectivity index (χ0n) is 9.36. The number of benzene rings is 1. The Bertz CT molecular complexity index is 560. The first kappa shape index (κ1) is 13.1. The van der Waals surface area contributed by atoms with Crippen molar-refractivity contribution in [1.82, 2.24) is 4.98 Å². The van der Waals surface area contributed by atoms with Crippen molar-refractivity contribution in [2.75, 3.05) is 5.32 Å². The summed E-state index contributed by atoms with van der Waals surface area (Å²) < 4.78 is 0.798. The van der Waals surface area contributed by atoms with Crippen LogP contribution in [0.15, 0.2) is 47.1 Å². The topological polar surface area (TPSA) is 42.0 Å². The van der Waals surface area contributed by atoms with Gasteiger partial charge in [0.05, 0.1) is 11.4 Å². The minimum atomic E-state index is -0.118. The van der Waals surface area contributed by atoms with Gasteiger partial charge in [-0.1, -0.05) is 17.7 Å². The molecule has 0 fully saturated rings. The molecular formula is C13H10BrClN2O. The van der Waals surface area contributed by atoms with E-state index in [4.69, 9.17) is 11.6 Å². The maximum atomic E-state index is 11.8. The van der Waals surface area contributed by atoms with E-state index >= 15 is 0 Å². The highest BCUT2D eigenvalue weighted by atomic mass is 79.9. The average molecular weight is 326 g/mol. The number of nitrogens with one attached hydrogen (secondary N) is 1. The number of hydrogen-bond acceptors (Lipinski definition) is 2. The lowest BCUT2D eigenvalue weighted by Crippen LogP contribution is -2.14. The Hall–Kier alpha value is -1.39. The molecule has 1 heterocycles. The lowest BCUT2D eigenvalue weighted by molar-refractivity contribution is -0.115. The van der Waals surface area contributed by atoms with Gasteiger partial charge in [0.25, 0.3) is 0 Å². The summed E-state index contributed by atoms with van der Waals surface area (Å²) in [5.74, 6) is -0.118. The fourth-order valence-electron chi connectivity index (χ4n) is 1.45. The molecule has 1 aromatic heterocycles. The largest absolute Gasteiger partial charge is 0.326 e. The SMILES string of the molecule is O=C(Cc1ccccn1)Nc1ccc(Br)c(Cl)c1. The smallest absolute Gasteiger partial charge is 0.230 e. The lowest BCUT2D eigenvalue weighted by atomic mass is 10.2. The van der Waals surface area contributed by atoms with Crippen molar-refractivity contribution in [3.8, 4) is 0 Å². The van der Waals surface area contributed by atoms with E-state index in [1.807, 2.05) is 18.2 Å². The minimum absolute atomic E-state index is 0.118. The monoisotopic (exact) mass is 324 g/mol. The van der Waals surface area contributed by atoms with Crippen LogP contribution in [0.2, 0.25) is 5.02 Å². The number of rotatable bonds is 3. The molecule has 0 unspecified atom stereocenters. The second kappa shape index (κ2) is 5.98. The molecule has 0 saturated heterocycles. The summed E-state index contributed by atoms with van der Waals surface area (Å²) in [5.41, 5.74) is 1.40. The van der Waals surface area contributed by atoms with Gasteiger partial charge >= 0.3 is 0 Å². The second-order valence-electron chi connectivity index (χ2n) is 3.67. The Morgan fingerprint density at radius 2 is 2.17 bits per heavy atom. The molecule has 1 N–H and O–H groups in total. The van der Waals surface area contributed by atoms with Gasteiger partial charge in [-0.3, -0.25) is 9.78 Å². The molecule has 0 saturated carbocycles. The van der Waals surface area contributed by atoms with Crippen LogP contribution in [0.3, 0.4) is 0 Å². The molecule has 0 aliphatic rings. The first-order chi connectivity index (χ1) is 8.65. The van der Waals surface area contributed by atoms with Crippen LogP contribution in [0.25, 0.3) is 0 Å². The highest BCUT2D eigenvalue weighted by Gasteiger charge is 2.06. The van der Waals surface area contributed by atoms with Crippen molar-refractivity contribution in [2.45, 2.75) is 6.42 Å². The summed E-state index contributed by atoms with van der Waals surface area (Å²) in [6.07, 6.45) is 1.91. The standard InChI is InChI=1S/C13H10BrClN2O/c14-11-5-4-10(7-12(11)15)17-13(18)8-9-3-1-2-6-16-9/h1-7H,8H2,(H,17,18). The number of nitrogens with zero attached hydrogens (tertiary/aromatic N) is 1. The number of carbonyl (C=O) groups is 1. The van der Waals surface area contributed by atoms with E-state index in [-0.39, 0.29) is 12.3 Å². The van der Waals surface area contributed by atoms with Gasteiger partial charge in [-0.05, 0) is 46.3 Å². The Kier molecular flexibility index (Phi) is 4.33. The van der Waals surface area contributed by atoms with Crippen LogP contribution in [-0.4, -0.2) is 10.9 Å². The van der Waals surface area contributed by atoms with Crippen molar-refractivity contribution in [3.63, 3.8) is 0 Å². The molecule has 0 bridgehead atoms. The lowest BCUT2D eigenvalue weighted by Gasteiger charge is -2.06. The van der Waals surface area contributed by atoms with Gasteiger partial charge in [-0.25, -0.2) is 0 Å². The molecule has 0 spiro atoms. The summed E-state index contributed by atoms with van der Waals surface area (Å²) >= 11 is 9.24. The van der Waals surface area contributed by atoms with E-state index in [1.165, 1.54) is 0 Å². The predicted molar refractivity (Wildman–Crippen MR) is 75.7 cm³/mol. The number of anilines is 1. The molecule has 0 aliphatic carbocycles. The predicted octanol–water partition coefficient (Wildman–Crippen LogP) is 3.68. The molecule has 2 rings (SSSR count). The van der Waals surface area contributed by atoms with Crippen LogP contribution in [0.4, 0.5) is 5.69 Å². The van der Waals surface area contributed by atoms with Crippen LogP contribution < -0.4 is 5.32 Å². The average Bonchev–Trinajstić information content (AvgIpc) is 2.35. The first-order valence-corrected chi connectivity index (χ1v) is 6.47. The first-order valence-electron chi connectivity index (χ1n) is 5.30. The van der Waals surface area contributed by atoms with Gasteiger partial charge in [0, 0.05) is 22.1 Å². The van der Waals surface area contributed by atoms with Gasteiger partial charge < -0.3 is 5.32 Å². The third-order valence-corrected chi connectivity index (χ3v) is 3.50. The fraction of sp³-hybridized carbons (Fsp3) is 0.0769. The van der Waals surface area contributed by atoms with Crippen LogP contribution in [-0.2, 0) is 11.2 Å².